The average molecular weight is 444 g/mol. The van der Waals surface area contributed by atoms with E-state index in [2.05, 4.69) is 16.3 Å². The number of hydrogen-bond donors (Lipinski definition) is 1. The van der Waals surface area contributed by atoms with Crippen molar-refractivity contribution >= 4 is 35.6 Å². The summed E-state index contributed by atoms with van der Waals surface area (Å²) in [7, 11) is 0. The van der Waals surface area contributed by atoms with E-state index in [4.69, 9.17) is 4.74 Å². The van der Waals surface area contributed by atoms with Crippen molar-refractivity contribution in [2.24, 2.45) is 0 Å². The van der Waals surface area contributed by atoms with Gasteiger partial charge < -0.3 is 15.0 Å². The zero-order valence-corrected chi connectivity index (χ0v) is 18.7. The molecule has 1 fully saturated rings. The number of piperidine rings is 1. The maximum absolute atomic E-state index is 12.5. The second-order valence-electron chi connectivity index (χ2n) is 8.01. The second kappa shape index (κ2) is 10.6. The molecule has 2 aromatic rings. The molecule has 0 spiro atoms. The van der Waals surface area contributed by atoms with Crippen LogP contribution in [0, 0.1) is 0 Å². The van der Waals surface area contributed by atoms with Crippen molar-refractivity contribution in [1.82, 2.24) is 4.90 Å². The third-order valence-corrected chi connectivity index (χ3v) is 5.94. The minimum Gasteiger partial charge on any atom is -0.492 e. The van der Waals surface area contributed by atoms with E-state index < -0.39 is 0 Å². The highest BCUT2D eigenvalue weighted by Gasteiger charge is 2.28. The first-order valence-electron chi connectivity index (χ1n) is 10.7. The lowest BCUT2D eigenvalue weighted by Crippen LogP contribution is -2.47. The van der Waals surface area contributed by atoms with Crippen molar-refractivity contribution in [3.63, 3.8) is 0 Å². The number of benzene rings is 2. The molecule has 0 unspecified atom stereocenters. The molecule has 2 amide bonds. The van der Waals surface area contributed by atoms with Crippen LogP contribution in [0.1, 0.15) is 31.7 Å². The molecule has 1 saturated heterocycles. The van der Waals surface area contributed by atoms with E-state index in [0.29, 0.717) is 13.0 Å². The summed E-state index contributed by atoms with van der Waals surface area (Å²) in [5.74, 6) is 1.03. The molecule has 0 radical (unpaired) electrons. The van der Waals surface area contributed by atoms with Crippen LogP contribution in [0.3, 0.4) is 0 Å². The molecule has 4 rings (SSSR count). The smallest absolute Gasteiger partial charge is 0.224 e. The molecule has 2 aliphatic heterocycles. The summed E-state index contributed by atoms with van der Waals surface area (Å²) < 4.78 is 5.81. The molecule has 1 N–H and O–H groups in total. The van der Waals surface area contributed by atoms with Crippen LogP contribution in [0.2, 0.25) is 0 Å². The summed E-state index contributed by atoms with van der Waals surface area (Å²) in [6.07, 6.45) is 3.11. The number of amides is 2. The predicted molar refractivity (Wildman–Crippen MR) is 125 cm³/mol. The SMILES string of the molecule is CC(=O)N(c1ccc2c(c1)CCC(=O)N2)C1CCN(CCOc2ccccc2)CC1.Cl. The van der Waals surface area contributed by atoms with Crippen LogP contribution in [0.25, 0.3) is 0 Å². The topological polar surface area (TPSA) is 61.9 Å². The van der Waals surface area contributed by atoms with E-state index in [0.717, 1.165) is 61.6 Å². The monoisotopic (exact) mass is 443 g/mol. The lowest BCUT2D eigenvalue weighted by Gasteiger charge is -2.38. The number of carbonyl (C=O) groups is 2. The van der Waals surface area contributed by atoms with Gasteiger partial charge in [0.25, 0.3) is 0 Å². The third-order valence-electron chi connectivity index (χ3n) is 5.94. The molecule has 2 aliphatic rings. The minimum absolute atomic E-state index is 0. The zero-order valence-electron chi connectivity index (χ0n) is 17.9. The maximum Gasteiger partial charge on any atom is 0.224 e. The van der Waals surface area contributed by atoms with Gasteiger partial charge in [-0.2, -0.15) is 0 Å². The number of ether oxygens (including phenoxy) is 1. The third kappa shape index (κ3) is 5.77. The highest BCUT2D eigenvalue weighted by atomic mass is 35.5. The Morgan fingerprint density at radius 3 is 2.58 bits per heavy atom. The fraction of sp³-hybridized carbons (Fsp3) is 0.417. The van der Waals surface area contributed by atoms with Crippen molar-refractivity contribution in [3.05, 3.63) is 54.1 Å². The first-order valence-corrected chi connectivity index (χ1v) is 10.7. The lowest BCUT2D eigenvalue weighted by molar-refractivity contribution is -0.117. The van der Waals surface area contributed by atoms with Gasteiger partial charge in [0.05, 0.1) is 0 Å². The summed E-state index contributed by atoms with van der Waals surface area (Å²) in [6.45, 7) is 5.10. The van der Waals surface area contributed by atoms with E-state index in [1.165, 1.54) is 0 Å². The van der Waals surface area contributed by atoms with Gasteiger partial charge in [0, 0.05) is 50.4 Å². The number of hydrogen-bond acceptors (Lipinski definition) is 4. The van der Waals surface area contributed by atoms with Gasteiger partial charge >= 0.3 is 0 Å². The fourth-order valence-corrected chi connectivity index (χ4v) is 4.38. The molecule has 2 aromatic carbocycles. The van der Waals surface area contributed by atoms with Crippen molar-refractivity contribution in [3.8, 4) is 5.75 Å². The lowest BCUT2D eigenvalue weighted by atomic mass is 9.99. The number of anilines is 2. The van der Waals surface area contributed by atoms with E-state index in [1.807, 2.05) is 47.4 Å². The molecule has 0 aromatic heterocycles. The molecule has 0 bridgehead atoms. The Morgan fingerprint density at radius 1 is 1.13 bits per heavy atom. The van der Waals surface area contributed by atoms with Crippen LogP contribution < -0.4 is 15.0 Å². The first kappa shape index (κ1) is 23.1. The normalized spacial score (nSPS) is 16.6. The molecule has 31 heavy (non-hydrogen) atoms. The van der Waals surface area contributed by atoms with Crippen LogP contribution >= 0.6 is 12.4 Å². The predicted octanol–water partition coefficient (Wildman–Crippen LogP) is 3.89. The molecule has 0 aliphatic carbocycles. The van der Waals surface area contributed by atoms with Crippen LogP contribution in [0.5, 0.6) is 5.75 Å². The summed E-state index contributed by atoms with van der Waals surface area (Å²) in [4.78, 5) is 28.4. The number of para-hydroxylation sites is 1. The molecule has 2 heterocycles. The van der Waals surface area contributed by atoms with E-state index in [9.17, 15) is 9.59 Å². The number of fused-ring (bicyclic) bond motifs is 1. The largest absolute Gasteiger partial charge is 0.492 e. The molecule has 7 heteroatoms. The van der Waals surface area contributed by atoms with Gasteiger partial charge in [-0.1, -0.05) is 18.2 Å². The number of halogens is 1. The average Bonchev–Trinajstić information content (AvgIpc) is 2.75. The van der Waals surface area contributed by atoms with Crippen molar-refractivity contribution in [1.29, 1.82) is 0 Å². The molecule has 166 valence electrons. The van der Waals surface area contributed by atoms with E-state index in [1.54, 1.807) is 6.92 Å². The Hall–Kier alpha value is -2.57. The van der Waals surface area contributed by atoms with Crippen LogP contribution in [0.15, 0.2) is 48.5 Å². The Kier molecular flexibility index (Phi) is 7.93. The summed E-state index contributed by atoms with van der Waals surface area (Å²) in [5.41, 5.74) is 2.91. The van der Waals surface area contributed by atoms with Crippen molar-refractivity contribution in [2.75, 3.05) is 36.5 Å². The number of aryl methyl sites for hydroxylation is 1. The highest BCUT2D eigenvalue weighted by molar-refractivity contribution is 5.96. The second-order valence-corrected chi connectivity index (χ2v) is 8.01. The number of carbonyl (C=O) groups excluding carboxylic acids is 2. The minimum atomic E-state index is 0. The van der Waals surface area contributed by atoms with Gasteiger partial charge in [0.2, 0.25) is 11.8 Å². The van der Waals surface area contributed by atoms with Crippen LogP contribution in [-0.2, 0) is 16.0 Å². The molecular formula is C24H30ClN3O3. The zero-order chi connectivity index (χ0) is 20.9. The van der Waals surface area contributed by atoms with Gasteiger partial charge in [-0.25, -0.2) is 0 Å². The van der Waals surface area contributed by atoms with Crippen LogP contribution in [0.4, 0.5) is 11.4 Å². The van der Waals surface area contributed by atoms with Gasteiger partial charge in [-0.05, 0) is 55.2 Å². The molecular weight excluding hydrogens is 414 g/mol. The van der Waals surface area contributed by atoms with Crippen molar-refractivity contribution in [2.45, 2.75) is 38.6 Å². The van der Waals surface area contributed by atoms with Crippen molar-refractivity contribution < 1.29 is 14.3 Å². The van der Waals surface area contributed by atoms with Gasteiger partial charge in [-0.3, -0.25) is 14.5 Å². The first-order chi connectivity index (χ1) is 14.6. The summed E-state index contributed by atoms with van der Waals surface area (Å²) in [5, 5.41) is 2.91. The van der Waals surface area contributed by atoms with Crippen LogP contribution in [-0.4, -0.2) is 49.0 Å². The number of likely N-dealkylation sites (tertiary alicyclic amines) is 1. The Bertz CT molecular complexity index is 898. The number of nitrogens with zero attached hydrogens (tertiary/aromatic N) is 2. The van der Waals surface area contributed by atoms with Gasteiger partial charge in [-0.15, -0.1) is 12.4 Å². The summed E-state index contributed by atoms with van der Waals surface area (Å²) in [6, 6.07) is 16.0. The van der Waals surface area contributed by atoms with Gasteiger partial charge in [0.15, 0.2) is 0 Å². The highest BCUT2D eigenvalue weighted by Crippen LogP contribution is 2.30. The molecule has 0 atom stereocenters. The Balaban J connectivity index is 0.00000272. The Labute approximate surface area is 190 Å². The van der Waals surface area contributed by atoms with Gasteiger partial charge in [0.1, 0.15) is 12.4 Å². The number of rotatable bonds is 6. The molecule has 6 nitrogen and oxygen atoms in total. The standard InChI is InChI=1S/C24H29N3O3.ClH/c1-18(28)27(21-8-9-23-19(17-21)7-10-24(29)25-23)20-11-13-26(14-12-20)15-16-30-22-5-3-2-4-6-22;/h2-6,8-9,17,20H,7,10-16H2,1H3,(H,25,29);1H. The van der Waals surface area contributed by atoms with E-state index >= 15 is 0 Å². The quantitative estimate of drug-likeness (QED) is 0.735. The molecule has 0 saturated carbocycles. The van der Waals surface area contributed by atoms with E-state index in [-0.39, 0.29) is 30.3 Å². The Morgan fingerprint density at radius 2 is 1.87 bits per heavy atom. The number of nitrogens with one attached hydrogen (secondary N) is 1. The fourth-order valence-electron chi connectivity index (χ4n) is 4.38. The summed E-state index contributed by atoms with van der Waals surface area (Å²) >= 11 is 0. The maximum atomic E-state index is 12.5.